The van der Waals surface area contributed by atoms with Crippen molar-refractivity contribution in [1.29, 1.82) is 0 Å². The van der Waals surface area contributed by atoms with Crippen molar-refractivity contribution in [2.45, 2.75) is 132 Å². The molecule has 51 heavy (non-hydrogen) atoms. The number of halogens is 3. The molecule has 16 heteroatoms. The molecule has 2 unspecified atom stereocenters. The first-order valence-electron chi connectivity index (χ1n) is 17.3. The Balaban J connectivity index is -0.000000672. The van der Waals surface area contributed by atoms with Gasteiger partial charge in [0.15, 0.2) is 0 Å². The van der Waals surface area contributed by atoms with E-state index in [1.54, 1.807) is 39.6 Å². The summed E-state index contributed by atoms with van der Waals surface area (Å²) in [7, 11) is 1.63. The topological polar surface area (TPSA) is 157 Å². The molecule has 12 nitrogen and oxygen atoms in total. The number of hydrogen-bond donors (Lipinski definition) is 4. The van der Waals surface area contributed by atoms with Crippen LogP contribution in [0.5, 0.6) is 0 Å². The van der Waals surface area contributed by atoms with Crippen LogP contribution in [0.15, 0.2) is 12.7 Å². The van der Waals surface area contributed by atoms with Gasteiger partial charge in [-0.05, 0) is 51.5 Å². The predicted molar refractivity (Wildman–Crippen MR) is 201 cm³/mol. The third kappa shape index (κ3) is 25.3. The van der Waals surface area contributed by atoms with Gasteiger partial charge in [-0.1, -0.05) is 67.9 Å². The molecule has 0 aromatic carbocycles. The Morgan fingerprint density at radius 1 is 0.961 bits per heavy atom. The molecule has 0 spiro atoms. The number of rotatable bonds is 11. The summed E-state index contributed by atoms with van der Waals surface area (Å²) in [4.78, 5) is 78.2. The quantitative estimate of drug-likeness (QED) is 0.164. The fourth-order valence-electron chi connectivity index (χ4n) is 3.69. The standard InChI is InChI=1S/C25H42N6O6.C3H5F3.C3H8.C2H6S.C2H6/c1-9-12-26-22(35)19(33)16(4)28-21(34)17-11-10-13-31(17)23(36)20(25(5,6)7)29-24(37)27-14-18(32)30(8)15(2)3;1-2-3(4,5)6;2*1-3-2;1-2/h9,15-17,20H,1,10-14H2,2-8H3,(H,26,35)(H,28,34)(H2,27,29,37);2H2,1H3;3H2,1-2H3;1-2H3;1-2H3/t16?,17?,20-;;;;/m1..../s1. The first-order chi connectivity index (χ1) is 23.5. The number of amides is 6. The number of ketones is 1. The minimum absolute atomic E-state index is 0.0287. The SMILES string of the molecule is C=CCNC(=O)C(=O)C(C)NC(=O)C1CCCN1C(=O)[C@@H](NC(=O)NCC(=O)N(C)C(C)C)C(C)(C)C.CC.CCC.CCC(F)(F)F.CSC. The molecule has 0 saturated carbocycles. The maximum Gasteiger partial charge on any atom is 0.388 e. The molecular formula is C35H67F3N6O6S. The summed E-state index contributed by atoms with van der Waals surface area (Å²) in [6, 6.07) is -3.63. The summed E-state index contributed by atoms with van der Waals surface area (Å²) >= 11 is 1.75. The lowest BCUT2D eigenvalue weighted by atomic mass is 9.85. The third-order valence-corrected chi connectivity index (χ3v) is 6.58. The zero-order chi connectivity index (χ0) is 41.1. The highest BCUT2D eigenvalue weighted by Gasteiger charge is 2.42. The van der Waals surface area contributed by atoms with E-state index in [2.05, 4.69) is 41.7 Å². The highest BCUT2D eigenvalue weighted by Crippen LogP contribution is 2.26. The van der Waals surface area contributed by atoms with E-state index < -0.39 is 65.7 Å². The number of nitrogens with one attached hydrogen (secondary N) is 4. The summed E-state index contributed by atoms with van der Waals surface area (Å²) in [5.41, 5.74) is -0.705. The van der Waals surface area contributed by atoms with Crippen molar-refractivity contribution in [3.05, 3.63) is 12.7 Å². The van der Waals surface area contributed by atoms with E-state index in [0.717, 1.165) is 6.92 Å². The Kier molecular flexibility index (Phi) is 31.3. The monoisotopic (exact) mass is 756 g/mol. The molecule has 0 bridgehead atoms. The van der Waals surface area contributed by atoms with E-state index in [-0.39, 0.29) is 25.0 Å². The van der Waals surface area contributed by atoms with Crippen molar-refractivity contribution in [1.82, 2.24) is 31.1 Å². The molecule has 3 atom stereocenters. The number of thioether (sulfide) groups is 1. The number of likely N-dealkylation sites (tertiary alicyclic amines) is 1. The predicted octanol–water partition coefficient (Wildman–Crippen LogP) is 5.31. The van der Waals surface area contributed by atoms with Crippen molar-refractivity contribution < 1.29 is 41.9 Å². The van der Waals surface area contributed by atoms with Crippen molar-refractivity contribution >= 4 is 47.2 Å². The molecule has 4 N–H and O–H groups in total. The van der Waals surface area contributed by atoms with E-state index in [0.29, 0.717) is 19.4 Å². The summed E-state index contributed by atoms with van der Waals surface area (Å²) in [5, 5.41) is 10.0. The first-order valence-corrected chi connectivity index (χ1v) is 18.9. The van der Waals surface area contributed by atoms with Crippen LogP contribution in [0.1, 0.15) is 102 Å². The molecule has 0 aromatic rings. The lowest BCUT2D eigenvalue weighted by Gasteiger charge is -2.35. The molecule has 1 fully saturated rings. The molecule has 1 aliphatic rings. The van der Waals surface area contributed by atoms with Crippen LogP contribution in [-0.4, -0.2) is 115 Å². The second-order valence-electron chi connectivity index (χ2n) is 12.6. The number of alkyl halides is 3. The molecule has 1 heterocycles. The molecule has 6 amide bonds. The molecule has 0 aliphatic carbocycles. The molecule has 300 valence electrons. The van der Waals surface area contributed by atoms with Gasteiger partial charge in [-0.2, -0.15) is 24.9 Å². The number of nitrogens with zero attached hydrogens (tertiary/aromatic N) is 2. The Bertz CT molecular complexity index is 1050. The maximum absolute atomic E-state index is 13.5. The maximum atomic E-state index is 13.5. The number of likely N-dealkylation sites (N-methyl/N-ethyl adjacent to an activating group) is 1. The zero-order valence-electron chi connectivity index (χ0n) is 33.4. The Morgan fingerprint density at radius 2 is 1.43 bits per heavy atom. The average molecular weight is 757 g/mol. The number of carbonyl (C=O) groups excluding carboxylic acids is 6. The summed E-state index contributed by atoms with van der Waals surface area (Å²) < 4.78 is 32.4. The van der Waals surface area contributed by atoms with Crippen LogP contribution in [-0.2, 0) is 24.0 Å². The number of urea groups is 1. The lowest BCUT2D eigenvalue weighted by Crippen LogP contribution is -2.60. The van der Waals surface area contributed by atoms with Gasteiger partial charge in [0.2, 0.25) is 23.5 Å². The van der Waals surface area contributed by atoms with Crippen molar-refractivity contribution in [3.8, 4) is 0 Å². The van der Waals surface area contributed by atoms with E-state index in [1.165, 1.54) is 29.2 Å². The molecule has 0 radical (unpaired) electrons. The fraction of sp³-hybridized carbons (Fsp3) is 0.771. The van der Waals surface area contributed by atoms with Gasteiger partial charge in [-0.3, -0.25) is 24.0 Å². The van der Waals surface area contributed by atoms with E-state index >= 15 is 0 Å². The summed E-state index contributed by atoms with van der Waals surface area (Å²) in [6.07, 6.45) is 3.01. The minimum Gasteiger partial charge on any atom is -0.346 e. The third-order valence-electron chi connectivity index (χ3n) is 6.58. The zero-order valence-corrected chi connectivity index (χ0v) is 34.2. The van der Waals surface area contributed by atoms with Gasteiger partial charge in [0.25, 0.3) is 5.91 Å². The first kappa shape index (κ1) is 54.5. The van der Waals surface area contributed by atoms with Crippen molar-refractivity contribution in [2.75, 3.05) is 39.2 Å². The number of Topliss-reactive ketones (excluding diaryl/α,β-unsaturated/α-hetero) is 1. The van der Waals surface area contributed by atoms with E-state index in [1.807, 2.05) is 40.2 Å². The van der Waals surface area contributed by atoms with Crippen LogP contribution >= 0.6 is 11.8 Å². The Labute approximate surface area is 309 Å². The molecular weight excluding hydrogens is 689 g/mol. The van der Waals surface area contributed by atoms with Crippen molar-refractivity contribution in [2.24, 2.45) is 5.41 Å². The minimum atomic E-state index is -3.96. The lowest BCUT2D eigenvalue weighted by molar-refractivity contribution is -0.143. The van der Waals surface area contributed by atoms with Gasteiger partial charge >= 0.3 is 12.2 Å². The summed E-state index contributed by atoms with van der Waals surface area (Å²) in [5.74, 6) is -2.93. The van der Waals surface area contributed by atoms with E-state index in [9.17, 15) is 41.9 Å². The van der Waals surface area contributed by atoms with Gasteiger partial charge in [-0.15, -0.1) is 6.58 Å². The average Bonchev–Trinajstić information content (AvgIpc) is 3.55. The van der Waals surface area contributed by atoms with Crippen LogP contribution in [0.4, 0.5) is 18.0 Å². The van der Waals surface area contributed by atoms with Crippen LogP contribution < -0.4 is 21.3 Å². The fourth-order valence-corrected chi connectivity index (χ4v) is 3.69. The molecule has 1 rings (SSSR count). The molecule has 1 aliphatic heterocycles. The van der Waals surface area contributed by atoms with Gasteiger partial charge in [0.1, 0.15) is 12.1 Å². The summed E-state index contributed by atoms with van der Waals surface area (Å²) in [6.45, 7) is 23.4. The number of carbonyl (C=O) groups is 6. The van der Waals surface area contributed by atoms with Gasteiger partial charge in [-0.25, -0.2) is 4.79 Å². The normalized spacial score (nSPS) is 14.5. The highest BCUT2D eigenvalue weighted by atomic mass is 32.2. The largest absolute Gasteiger partial charge is 0.388 e. The van der Waals surface area contributed by atoms with Crippen LogP contribution in [0.25, 0.3) is 0 Å². The Morgan fingerprint density at radius 3 is 1.82 bits per heavy atom. The second kappa shape index (κ2) is 29.3. The van der Waals surface area contributed by atoms with Gasteiger partial charge < -0.3 is 31.1 Å². The number of hydrogen-bond acceptors (Lipinski definition) is 7. The molecule has 0 aromatic heterocycles. The smallest absolute Gasteiger partial charge is 0.346 e. The van der Waals surface area contributed by atoms with Gasteiger partial charge in [0.05, 0.1) is 12.6 Å². The second-order valence-corrected chi connectivity index (χ2v) is 13.4. The van der Waals surface area contributed by atoms with Crippen LogP contribution in [0, 0.1) is 5.41 Å². The van der Waals surface area contributed by atoms with E-state index in [4.69, 9.17) is 0 Å². The van der Waals surface area contributed by atoms with Crippen LogP contribution in [0.3, 0.4) is 0 Å². The van der Waals surface area contributed by atoms with Crippen LogP contribution in [0.2, 0.25) is 0 Å². The van der Waals surface area contributed by atoms with Gasteiger partial charge in [0, 0.05) is 32.6 Å². The Hall–Kier alpha value is -3.30. The van der Waals surface area contributed by atoms with Crippen molar-refractivity contribution in [3.63, 3.8) is 0 Å². The highest BCUT2D eigenvalue weighted by molar-refractivity contribution is 7.97. The molecule has 1 saturated heterocycles.